The fourth-order valence-corrected chi connectivity index (χ4v) is 3.21. The molecule has 1 aromatic carbocycles. The standard InChI is InChI=1S/C18H23N3O3S/c1-12(2)13-5-7-14(8-6-13)17-20-18(24-21-17)25-11-16(22)19-10-15-4-3-9-23-15/h5-8,12,15H,3-4,9-11H2,1-2H3,(H,19,22). The van der Waals surface area contributed by atoms with E-state index >= 15 is 0 Å². The molecular formula is C18H23N3O3S. The van der Waals surface area contributed by atoms with Crippen LogP contribution in [0.3, 0.4) is 0 Å². The molecule has 0 saturated carbocycles. The Morgan fingerprint density at radius 1 is 1.36 bits per heavy atom. The van der Waals surface area contributed by atoms with Gasteiger partial charge in [-0.05, 0) is 24.3 Å². The van der Waals surface area contributed by atoms with Crippen molar-refractivity contribution in [1.29, 1.82) is 0 Å². The van der Waals surface area contributed by atoms with Gasteiger partial charge in [-0.25, -0.2) is 0 Å². The van der Waals surface area contributed by atoms with Crippen LogP contribution in [0.5, 0.6) is 0 Å². The molecule has 7 heteroatoms. The van der Waals surface area contributed by atoms with Crippen LogP contribution in [0.4, 0.5) is 0 Å². The van der Waals surface area contributed by atoms with Gasteiger partial charge in [-0.3, -0.25) is 4.79 Å². The van der Waals surface area contributed by atoms with Gasteiger partial charge >= 0.3 is 0 Å². The number of aromatic nitrogens is 2. The van der Waals surface area contributed by atoms with Gasteiger partial charge in [0, 0.05) is 18.7 Å². The molecule has 2 heterocycles. The van der Waals surface area contributed by atoms with Crippen molar-refractivity contribution in [1.82, 2.24) is 15.5 Å². The number of carbonyl (C=O) groups excluding carboxylic acids is 1. The van der Waals surface area contributed by atoms with Gasteiger partial charge in [0.2, 0.25) is 11.7 Å². The molecule has 1 saturated heterocycles. The van der Waals surface area contributed by atoms with Gasteiger partial charge in [-0.15, -0.1) is 0 Å². The van der Waals surface area contributed by atoms with Crippen molar-refractivity contribution >= 4 is 17.7 Å². The molecule has 1 aliphatic rings. The summed E-state index contributed by atoms with van der Waals surface area (Å²) in [6.45, 7) is 5.67. The Bertz CT molecular complexity index is 694. The summed E-state index contributed by atoms with van der Waals surface area (Å²) in [6.07, 6.45) is 2.23. The fraction of sp³-hybridized carbons (Fsp3) is 0.500. The van der Waals surface area contributed by atoms with Crippen LogP contribution in [-0.2, 0) is 9.53 Å². The summed E-state index contributed by atoms with van der Waals surface area (Å²) >= 11 is 1.24. The third kappa shape index (κ3) is 5.06. The van der Waals surface area contributed by atoms with Crippen molar-refractivity contribution in [2.75, 3.05) is 18.9 Å². The van der Waals surface area contributed by atoms with Gasteiger partial charge in [-0.2, -0.15) is 4.98 Å². The van der Waals surface area contributed by atoms with Crippen LogP contribution in [0.2, 0.25) is 0 Å². The molecular weight excluding hydrogens is 338 g/mol. The lowest BCUT2D eigenvalue weighted by Gasteiger charge is -2.09. The van der Waals surface area contributed by atoms with Crippen molar-refractivity contribution < 1.29 is 14.1 Å². The highest BCUT2D eigenvalue weighted by molar-refractivity contribution is 7.99. The molecule has 1 aliphatic heterocycles. The highest BCUT2D eigenvalue weighted by Crippen LogP contribution is 2.23. The van der Waals surface area contributed by atoms with Crippen LogP contribution in [0.1, 0.15) is 38.2 Å². The molecule has 134 valence electrons. The number of carbonyl (C=O) groups is 1. The maximum Gasteiger partial charge on any atom is 0.286 e. The lowest BCUT2D eigenvalue weighted by molar-refractivity contribution is -0.119. The molecule has 0 aliphatic carbocycles. The molecule has 6 nitrogen and oxygen atoms in total. The average Bonchev–Trinajstić information content (AvgIpc) is 3.30. The molecule has 2 aromatic rings. The minimum Gasteiger partial charge on any atom is -0.376 e. The number of hydrogen-bond acceptors (Lipinski definition) is 6. The molecule has 1 N–H and O–H groups in total. The Labute approximate surface area is 151 Å². The van der Waals surface area contributed by atoms with E-state index in [1.807, 2.05) is 12.1 Å². The quantitative estimate of drug-likeness (QED) is 0.763. The molecule has 0 spiro atoms. The maximum atomic E-state index is 11.9. The number of thioether (sulfide) groups is 1. The van der Waals surface area contributed by atoms with Crippen molar-refractivity contribution in [3.8, 4) is 11.4 Å². The number of hydrogen-bond donors (Lipinski definition) is 1. The summed E-state index contributed by atoms with van der Waals surface area (Å²) in [6, 6.07) is 8.12. The second-order valence-corrected chi connectivity index (χ2v) is 7.31. The summed E-state index contributed by atoms with van der Waals surface area (Å²) in [5.74, 6) is 1.22. The van der Waals surface area contributed by atoms with Crippen LogP contribution >= 0.6 is 11.8 Å². The molecule has 25 heavy (non-hydrogen) atoms. The zero-order chi connectivity index (χ0) is 17.6. The summed E-state index contributed by atoms with van der Waals surface area (Å²) in [7, 11) is 0. The summed E-state index contributed by atoms with van der Waals surface area (Å²) in [4.78, 5) is 16.2. The zero-order valence-electron chi connectivity index (χ0n) is 14.5. The largest absolute Gasteiger partial charge is 0.376 e. The van der Waals surface area contributed by atoms with Crippen molar-refractivity contribution in [2.24, 2.45) is 0 Å². The molecule has 0 bridgehead atoms. The van der Waals surface area contributed by atoms with Gasteiger partial charge in [-0.1, -0.05) is 55.0 Å². The van der Waals surface area contributed by atoms with E-state index in [1.54, 1.807) is 0 Å². The molecule has 1 atom stereocenters. The Kier molecular flexibility index (Phi) is 6.09. The molecule has 0 radical (unpaired) electrons. The first kappa shape index (κ1) is 17.9. The van der Waals surface area contributed by atoms with E-state index in [2.05, 4.69) is 41.4 Å². The van der Waals surface area contributed by atoms with Crippen molar-refractivity contribution in [2.45, 2.75) is 43.9 Å². The van der Waals surface area contributed by atoms with Gasteiger partial charge in [0.1, 0.15) is 0 Å². The Morgan fingerprint density at radius 2 is 2.16 bits per heavy atom. The SMILES string of the molecule is CC(C)c1ccc(-c2noc(SCC(=O)NCC3CCCO3)n2)cc1. The first-order chi connectivity index (χ1) is 12.1. The summed E-state index contributed by atoms with van der Waals surface area (Å²) in [5.41, 5.74) is 2.17. The minimum absolute atomic E-state index is 0.0541. The normalized spacial score (nSPS) is 17.2. The van der Waals surface area contributed by atoms with Crippen molar-refractivity contribution in [3.05, 3.63) is 29.8 Å². The third-order valence-electron chi connectivity index (χ3n) is 4.12. The second-order valence-electron chi connectivity index (χ2n) is 6.39. The zero-order valence-corrected chi connectivity index (χ0v) is 15.3. The predicted octanol–water partition coefficient (Wildman–Crippen LogP) is 3.25. The lowest BCUT2D eigenvalue weighted by Crippen LogP contribution is -2.32. The van der Waals surface area contributed by atoms with Crippen LogP contribution in [0.15, 0.2) is 34.0 Å². The second kappa shape index (κ2) is 8.49. The van der Waals surface area contributed by atoms with E-state index < -0.39 is 0 Å². The molecule has 1 aromatic heterocycles. The van der Waals surface area contributed by atoms with Gasteiger partial charge in [0.15, 0.2) is 0 Å². The fourth-order valence-electron chi connectivity index (χ4n) is 2.61. The van der Waals surface area contributed by atoms with Gasteiger partial charge in [0.05, 0.1) is 11.9 Å². The Hall–Kier alpha value is -1.86. The number of ether oxygens (including phenoxy) is 1. The number of nitrogens with one attached hydrogen (secondary N) is 1. The van der Waals surface area contributed by atoms with Crippen LogP contribution in [0.25, 0.3) is 11.4 Å². The van der Waals surface area contributed by atoms with E-state index in [-0.39, 0.29) is 17.8 Å². The van der Waals surface area contributed by atoms with Gasteiger partial charge in [0.25, 0.3) is 5.22 Å². The molecule has 3 rings (SSSR count). The maximum absolute atomic E-state index is 11.9. The number of benzene rings is 1. The third-order valence-corrected chi connectivity index (χ3v) is 4.94. The highest BCUT2D eigenvalue weighted by Gasteiger charge is 2.17. The Morgan fingerprint density at radius 3 is 2.84 bits per heavy atom. The van der Waals surface area contributed by atoms with E-state index in [0.29, 0.717) is 23.5 Å². The van der Waals surface area contributed by atoms with E-state index in [0.717, 1.165) is 25.0 Å². The van der Waals surface area contributed by atoms with Crippen molar-refractivity contribution in [3.63, 3.8) is 0 Å². The number of rotatable bonds is 7. The first-order valence-corrected chi connectivity index (χ1v) is 9.55. The molecule has 1 unspecified atom stereocenters. The van der Waals surface area contributed by atoms with E-state index in [1.165, 1.54) is 17.3 Å². The predicted molar refractivity (Wildman–Crippen MR) is 96.5 cm³/mol. The average molecular weight is 361 g/mol. The lowest BCUT2D eigenvalue weighted by atomic mass is 10.0. The molecule has 1 amide bonds. The highest BCUT2D eigenvalue weighted by atomic mass is 32.2. The van der Waals surface area contributed by atoms with Crippen LogP contribution in [0, 0.1) is 0 Å². The minimum atomic E-state index is -0.0541. The smallest absolute Gasteiger partial charge is 0.286 e. The van der Waals surface area contributed by atoms with E-state index in [9.17, 15) is 4.79 Å². The van der Waals surface area contributed by atoms with Crippen LogP contribution < -0.4 is 5.32 Å². The monoisotopic (exact) mass is 361 g/mol. The van der Waals surface area contributed by atoms with Gasteiger partial charge < -0.3 is 14.6 Å². The number of amides is 1. The summed E-state index contributed by atoms with van der Waals surface area (Å²) in [5, 5.41) is 7.26. The Balaban J connectivity index is 1.48. The first-order valence-electron chi connectivity index (χ1n) is 8.57. The molecule has 1 fully saturated rings. The van der Waals surface area contributed by atoms with E-state index in [4.69, 9.17) is 9.26 Å². The topological polar surface area (TPSA) is 77.2 Å². The number of nitrogens with zero attached hydrogens (tertiary/aromatic N) is 2. The van der Waals surface area contributed by atoms with Crippen LogP contribution in [-0.4, -0.2) is 41.1 Å². The summed E-state index contributed by atoms with van der Waals surface area (Å²) < 4.78 is 10.7.